The summed E-state index contributed by atoms with van der Waals surface area (Å²) in [4.78, 5) is 23.9. The van der Waals surface area contributed by atoms with E-state index < -0.39 is 5.97 Å². The van der Waals surface area contributed by atoms with Crippen LogP contribution in [-0.4, -0.2) is 34.5 Å². The summed E-state index contributed by atoms with van der Waals surface area (Å²) in [5, 5.41) is 8.80. The normalized spacial score (nSPS) is 27.8. The van der Waals surface area contributed by atoms with Crippen molar-refractivity contribution in [2.75, 3.05) is 6.54 Å². The highest BCUT2D eigenvalue weighted by atomic mass is 16.4. The molecule has 0 radical (unpaired) electrons. The highest BCUT2D eigenvalue weighted by Crippen LogP contribution is 2.50. The minimum absolute atomic E-state index is 0.0185. The number of carbonyl (C=O) groups excluding carboxylic acids is 1. The summed E-state index contributed by atoms with van der Waals surface area (Å²) in [7, 11) is 0. The van der Waals surface area contributed by atoms with E-state index in [1.165, 1.54) is 13.3 Å². The molecule has 2 rings (SSSR count). The van der Waals surface area contributed by atoms with Crippen LogP contribution < -0.4 is 0 Å². The highest BCUT2D eigenvalue weighted by Gasteiger charge is 2.48. The SMILES string of the molecule is CC(=O)N1CC2(CCC2)CC1CC(=O)O. The van der Waals surface area contributed by atoms with E-state index in [2.05, 4.69) is 0 Å². The molecule has 1 amide bonds. The van der Waals surface area contributed by atoms with Crippen molar-refractivity contribution in [2.45, 2.75) is 45.1 Å². The highest BCUT2D eigenvalue weighted by molar-refractivity contribution is 5.75. The molecule has 1 saturated carbocycles. The third-order valence-corrected chi connectivity index (χ3v) is 3.84. The minimum atomic E-state index is -0.803. The molecule has 1 aliphatic heterocycles. The van der Waals surface area contributed by atoms with Crippen molar-refractivity contribution >= 4 is 11.9 Å². The maximum Gasteiger partial charge on any atom is 0.305 e. The lowest BCUT2D eigenvalue weighted by molar-refractivity contribution is -0.139. The minimum Gasteiger partial charge on any atom is -0.481 e. The second-order valence-corrected chi connectivity index (χ2v) is 4.96. The van der Waals surface area contributed by atoms with Gasteiger partial charge in [0.1, 0.15) is 0 Å². The Morgan fingerprint density at radius 2 is 2.13 bits per heavy atom. The number of nitrogens with zero attached hydrogens (tertiary/aromatic N) is 1. The van der Waals surface area contributed by atoms with Gasteiger partial charge in [0.2, 0.25) is 5.91 Å². The van der Waals surface area contributed by atoms with Gasteiger partial charge in [0.25, 0.3) is 0 Å². The Balaban J connectivity index is 2.07. The first-order valence-electron chi connectivity index (χ1n) is 5.51. The van der Waals surface area contributed by atoms with Crippen LogP contribution in [0.4, 0.5) is 0 Å². The molecule has 4 heteroatoms. The molecular formula is C11H17NO3. The van der Waals surface area contributed by atoms with Gasteiger partial charge in [0.05, 0.1) is 6.42 Å². The molecule has 2 fully saturated rings. The summed E-state index contributed by atoms with van der Waals surface area (Å²) < 4.78 is 0. The molecule has 84 valence electrons. The van der Waals surface area contributed by atoms with Crippen LogP contribution in [0.15, 0.2) is 0 Å². The standard InChI is InChI=1S/C11H17NO3/c1-8(13)12-7-11(3-2-4-11)6-9(12)5-10(14)15/h9H,2-7H2,1H3,(H,14,15). The number of rotatable bonds is 2. The van der Waals surface area contributed by atoms with Gasteiger partial charge in [-0.2, -0.15) is 0 Å². The molecule has 1 aliphatic carbocycles. The van der Waals surface area contributed by atoms with Gasteiger partial charge in [0, 0.05) is 19.5 Å². The second kappa shape index (κ2) is 3.51. The smallest absolute Gasteiger partial charge is 0.305 e. The van der Waals surface area contributed by atoms with Crippen LogP contribution >= 0.6 is 0 Å². The first-order chi connectivity index (χ1) is 7.02. The Kier molecular flexibility index (Phi) is 2.44. The third-order valence-electron chi connectivity index (χ3n) is 3.84. The van der Waals surface area contributed by atoms with Gasteiger partial charge in [-0.25, -0.2) is 0 Å². The van der Waals surface area contributed by atoms with E-state index in [9.17, 15) is 9.59 Å². The van der Waals surface area contributed by atoms with E-state index in [0.717, 1.165) is 25.8 Å². The summed E-state index contributed by atoms with van der Waals surface area (Å²) in [5.41, 5.74) is 0.270. The van der Waals surface area contributed by atoms with Gasteiger partial charge in [0.15, 0.2) is 0 Å². The molecule has 1 atom stereocenters. The van der Waals surface area contributed by atoms with Crippen molar-refractivity contribution in [3.63, 3.8) is 0 Å². The van der Waals surface area contributed by atoms with Crippen molar-refractivity contribution in [1.29, 1.82) is 0 Å². The molecule has 0 bridgehead atoms. The molecule has 1 unspecified atom stereocenters. The molecule has 2 aliphatic rings. The van der Waals surface area contributed by atoms with Gasteiger partial charge in [-0.3, -0.25) is 9.59 Å². The number of carboxylic acids is 1. The third kappa shape index (κ3) is 1.85. The summed E-state index contributed by atoms with van der Waals surface area (Å²) in [6.45, 7) is 2.31. The lowest BCUT2D eigenvalue weighted by Crippen LogP contribution is -2.37. The Labute approximate surface area is 89.3 Å². The molecule has 4 nitrogen and oxygen atoms in total. The Bertz CT molecular complexity index is 296. The zero-order valence-electron chi connectivity index (χ0n) is 9.03. The maximum absolute atomic E-state index is 11.4. The first-order valence-corrected chi connectivity index (χ1v) is 5.51. The summed E-state index contributed by atoms with van der Waals surface area (Å²) in [6, 6.07) is -0.0692. The van der Waals surface area contributed by atoms with Crippen LogP contribution in [0, 0.1) is 5.41 Å². The molecule has 1 heterocycles. The van der Waals surface area contributed by atoms with Crippen LogP contribution in [-0.2, 0) is 9.59 Å². The number of hydrogen-bond donors (Lipinski definition) is 1. The number of carboxylic acid groups (broad SMARTS) is 1. The quantitative estimate of drug-likeness (QED) is 0.748. The average molecular weight is 211 g/mol. The van der Waals surface area contributed by atoms with E-state index in [0.29, 0.717) is 0 Å². The van der Waals surface area contributed by atoms with Crippen LogP contribution in [0.25, 0.3) is 0 Å². The zero-order valence-corrected chi connectivity index (χ0v) is 9.03. The van der Waals surface area contributed by atoms with Crippen molar-refractivity contribution in [2.24, 2.45) is 5.41 Å². The summed E-state index contributed by atoms with van der Waals surface area (Å²) >= 11 is 0. The number of carbonyl (C=O) groups is 2. The predicted octanol–water partition coefficient (Wildman–Crippen LogP) is 1.25. The van der Waals surface area contributed by atoms with E-state index in [1.54, 1.807) is 4.90 Å². The van der Waals surface area contributed by atoms with Crippen molar-refractivity contribution in [1.82, 2.24) is 4.90 Å². The molecule has 1 N–H and O–H groups in total. The lowest BCUT2D eigenvalue weighted by atomic mass is 9.67. The van der Waals surface area contributed by atoms with Crippen LogP contribution in [0.3, 0.4) is 0 Å². The predicted molar refractivity (Wildman–Crippen MR) is 54.3 cm³/mol. The van der Waals surface area contributed by atoms with Gasteiger partial charge in [-0.05, 0) is 24.7 Å². The molecule has 0 aromatic heterocycles. The van der Waals surface area contributed by atoms with Crippen molar-refractivity contribution in [3.05, 3.63) is 0 Å². The Morgan fingerprint density at radius 1 is 1.47 bits per heavy atom. The van der Waals surface area contributed by atoms with Crippen LogP contribution in [0.1, 0.15) is 39.0 Å². The fourth-order valence-corrected chi connectivity index (χ4v) is 2.96. The molecule has 15 heavy (non-hydrogen) atoms. The molecular weight excluding hydrogens is 194 g/mol. The van der Waals surface area contributed by atoms with Crippen molar-refractivity contribution < 1.29 is 14.7 Å². The van der Waals surface area contributed by atoms with Crippen LogP contribution in [0.2, 0.25) is 0 Å². The van der Waals surface area contributed by atoms with Gasteiger partial charge >= 0.3 is 5.97 Å². The Morgan fingerprint density at radius 3 is 2.53 bits per heavy atom. The molecule has 0 aromatic rings. The van der Waals surface area contributed by atoms with E-state index in [1.807, 2.05) is 0 Å². The largest absolute Gasteiger partial charge is 0.481 e. The number of likely N-dealkylation sites (tertiary alicyclic amines) is 1. The van der Waals surface area contributed by atoms with E-state index in [4.69, 9.17) is 5.11 Å². The monoisotopic (exact) mass is 211 g/mol. The van der Waals surface area contributed by atoms with E-state index in [-0.39, 0.29) is 23.8 Å². The second-order valence-electron chi connectivity index (χ2n) is 4.96. The van der Waals surface area contributed by atoms with Gasteiger partial charge in [-0.1, -0.05) is 6.42 Å². The fourth-order valence-electron chi connectivity index (χ4n) is 2.96. The molecule has 1 saturated heterocycles. The summed E-state index contributed by atoms with van der Waals surface area (Å²) in [5.74, 6) is -0.785. The Hall–Kier alpha value is -1.06. The lowest BCUT2D eigenvalue weighted by Gasteiger charge is -2.37. The fraction of sp³-hybridized carbons (Fsp3) is 0.818. The van der Waals surface area contributed by atoms with Crippen LogP contribution in [0.5, 0.6) is 0 Å². The zero-order chi connectivity index (χ0) is 11.1. The topological polar surface area (TPSA) is 57.6 Å². The number of aliphatic carboxylic acids is 1. The molecule has 1 spiro atoms. The summed E-state index contributed by atoms with van der Waals surface area (Å²) in [6.07, 6.45) is 4.53. The maximum atomic E-state index is 11.4. The van der Waals surface area contributed by atoms with Gasteiger partial charge in [-0.15, -0.1) is 0 Å². The van der Waals surface area contributed by atoms with Gasteiger partial charge < -0.3 is 10.0 Å². The van der Waals surface area contributed by atoms with Crippen molar-refractivity contribution in [3.8, 4) is 0 Å². The molecule has 0 aromatic carbocycles. The first kappa shape index (κ1) is 10.5. The van der Waals surface area contributed by atoms with E-state index >= 15 is 0 Å². The number of hydrogen-bond acceptors (Lipinski definition) is 2. The average Bonchev–Trinajstić information content (AvgIpc) is 2.42. The number of amides is 1.